The maximum Gasteiger partial charge on any atom is 0.252 e. The molecule has 6 nitrogen and oxygen atoms in total. The quantitative estimate of drug-likeness (QED) is 0.321. The number of sulfonamides is 1. The molecule has 1 aliphatic rings. The van der Waals surface area contributed by atoms with Crippen molar-refractivity contribution in [1.29, 1.82) is 0 Å². The van der Waals surface area contributed by atoms with E-state index in [1.807, 2.05) is 0 Å². The number of hydrogen-bond acceptors (Lipinski definition) is 5. The Morgan fingerprint density at radius 2 is 2.10 bits per heavy atom. The van der Waals surface area contributed by atoms with Crippen LogP contribution in [0.1, 0.15) is 32.1 Å². The minimum Gasteiger partial charge on any atom is -0.409 e. The first-order chi connectivity index (χ1) is 9.41. The monoisotopic (exact) mass is 381 g/mol. The molecule has 1 fully saturated rings. The first-order valence-electron chi connectivity index (χ1n) is 6.16. The van der Waals surface area contributed by atoms with Crippen molar-refractivity contribution in [3.05, 3.63) is 15.9 Å². The van der Waals surface area contributed by atoms with Crippen LogP contribution in [0.4, 0.5) is 0 Å². The lowest BCUT2D eigenvalue weighted by Gasteiger charge is -2.36. The van der Waals surface area contributed by atoms with Gasteiger partial charge in [-0.15, -0.1) is 11.3 Å². The van der Waals surface area contributed by atoms with Gasteiger partial charge in [0.1, 0.15) is 4.21 Å². The second kappa shape index (κ2) is 6.00. The van der Waals surface area contributed by atoms with E-state index in [9.17, 15) is 8.42 Å². The van der Waals surface area contributed by atoms with Crippen molar-refractivity contribution >= 4 is 43.1 Å². The zero-order valence-corrected chi connectivity index (χ0v) is 13.9. The summed E-state index contributed by atoms with van der Waals surface area (Å²) in [5, 5.41) is 13.7. The van der Waals surface area contributed by atoms with E-state index < -0.39 is 15.6 Å². The van der Waals surface area contributed by atoms with E-state index in [4.69, 9.17) is 10.9 Å². The van der Waals surface area contributed by atoms with Gasteiger partial charge in [0.2, 0.25) is 0 Å². The summed E-state index contributed by atoms with van der Waals surface area (Å²) in [5.74, 6) is -0.0755. The van der Waals surface area contributed by atoms with Gasteiger partial charge in [-0.2, -0.15) is 4.72 Å². The summed E-state index contributed by atoms with van der Waals surface area (Å²) in [6.07, 6.45) is 3.76. The van der Waals surface area contributed by atoms with E-state index in [2.05, 4.69) is 25.8 Å². The molecule has 0 aliphatic heterocycles. The van der Waals surface area contributed by atoms with Crippen LogP contribution in [0.5, 0.6) is 0 Å². The summed E-state index contributed by atoms with van der Waals surface area (Å²) >= 11 is 4.34. The van der Waals surface area contributed by atoms with Gasteiger partial charge < -0.3 is 10.9 Å². The highest BCUT2D eigenvalue weighted by atomic mass is 79.9. The van der Waals surface area contributed by atoms with E-state index >= 15 is 0 Å². The summed E-state index contributed by atoms with van der Waals surface area (Å²) in [6, 6.07) is 1.68. The van der Waals surface area contributed by atoms with Crippen molar-refractivity contribution in [2.45, 2.75) is 41.9 Å². The van der Waals surface area contributed by atoms with Gasteiger partial charge in [-0.25, -0.2) is 8.42 Å². The molecule has 112 valence electrons. The van der Waals surface area contributed by atoms with Gasteiger partial charge in [-0.3, -0.25) is 0 Å². The maximum absolute atomic E-state index is 12.5. The highest BCUT2D eigenvalue weighted by Gasteiger charge is 2.41. The van der Waals surface area contributed by atoms with Crippen molar-refractivity contribution in [2.75, 3.05) is 0 Å². The van der Waals surface area contributed by atoms with Gasteiger partial charge in [0.15, 0.2) is 5.84 Å². The third-order valence-corrected chi connectivity index (χ3v) is 7.67. The highest BCUT2D eigenvalue weighted by molar-refractivity contribution is 9.10. The van der Waals surface area contributed by atoms with Crippen LogP contribution in [0.3, 0.4) is 0 Å². The normalized spacial score (nSPS) is 19.9. The van der Waals surface area contributed by atoms with Crippen LogP contribution >= 0.6 is 27.3 Å². The smallest absolute Gasteiger partial charge is 0.252 e. The van der Waals surface area contributed by atoms with Crippen molar-refractivity contribution in [1.82, 2.24) is 4.72 Å². The molecule has 1 saturated carbocycles. The fourth-order valence-corrected chi connectivity index (χ4v) is 6.21. The van der Waals surface area contributed by atoms with Crippen molar-refractivity contribution < 1.29 is 13.6 Å². The number of nitrogens with zero attached hydrogens (tertiary/aromatic N) is 1. The Morgan fingerprint density at radius 1 is 1.45 bits per heavy atom. The molecule has 0 atom stereocenters. The third kappa shape index (κ3) is 3.00. The average molecular weight is 382 g/mol. The lowest BCUT2D eigenvalue weighted by molar-refractivity contribution is 0.294. The number of nitrogens with two attached hydrogens (primary N) is 1. The molecule has 20 heavy (non-hydrogen) atoms. The number of rotatable bonds is 4. The number of thiophene rings is 1. The Bertz CT molecular complexity index is 606. The lowest BCUT2D eigenvalue weighted by atomic mass is 9.82. The number of amidine groups is 1. The molecule has 1 aromatic rings. The fraction of sp³-hybridized carbons (Fsp3) is 0.545. The molecule has 2 rings (SSSR count). The van der Waals surface area contributed by atoms with Gasteiger partial charge in [0.05, 0.1) is 5.54 Å². The Kier molecular flexibility index (Phi) is 4.73. The predicted molar refractivity (Wildman–Crippen MR) is 81.6 cm³/mol. The van der Waals surface area contributed by atoms with Crippen LogP contribution < -0.4 is 10.5 Å². The van der Waals surface area contributed by atoms with Gasteiger partial charge in [-0.05, 0) is 40.2 Å². The Hall–Kier alpha value is -0.640. The predicted octanol–water partition coefficient (Wildman–Crippen LogP) is 2.24. The molecule has 1 aliphatic carbocycles. The summed E-state index contributed by atoms with van der Waals surface area (Å²) in [4.78, 5) is 0. The summed E-state index contributed by atoms with van der Waals surface area (Å²) < 4.78 is 28.3. The molecule has 1 aromatic heterocycles. The zero-order chi connectivity index (χ0) is 14.8. The van der Waals surface area contributed by atoms with Crippen LogP contribution in [0, 0.1) is 0 Å². The average Bonchev–Trinajstić information content (AvgIpc) is 2.85. The largest absolute Gasteiger partial charge is 0.409 e. The maximum atomic E-state index is 12.5. The second-order valence-electron chi connectivity index (χ2n) is 4.79. The third-order valence-electron chi connectivity index (χ3n) is 3.46. The topological polar surface area (TPSA) is 105 Å². The number of nitrogens with one attached hydrogen (secondary N) is 1. The molecule has 0 spiro atoms. The number of hydrogen-bond donors (Lipinski definition) is 3. The summed E-state index contributed by atoms with van der Waals surface area (Å²) in [5.41, 5.74) is 4.76. The Balaban J connectivity index is 2.36. The van der Waals surface area contributed by atoms with Crippen molar-refractivity contribution in [3.63, 3.8) is 0 Å². The Labute approximate surface area is 130 Å². The molecule has 0 amide bonds. The van der Waals surface area contributed by atoms with Crippen molar-refractivity contribution in [3.8, 4) is 0 Å². The molecule has 0 bridgehead atoms. The van der Waals surface area contributed by atoms with Crippen LogP contribution in [0.15, 0.2) is 25.3 Å². The number of halogens is 1. The minimum atomic E-state index is -3.71. The SMILES string of the molecule is NC(=NO)C1(NS(=O)(=O)c2sccc2Br)CCCCC1. The van der Waals surface area contributed by atoms with Crippen LogP contribution in [0.2, 0.25) is 0 Å². The van der Waals surface area contributed by atoms with E-state index in [-0.39, 0.29) is 10.0 Å². The van der Waals surface area contributed by atoms with E-state index in [0.29, 0.717) is 17.3 Å². The molecule has 0 saturated heterocycles. The molecule has 9 heteroatoms. The highest BCUT2D eigenvalue weighted by Crippen LogP contribution is 2.33. The summed E-state index contributed by atoms with van der Waals surface area (Å²) in [7, 11) is -3.71. The van der Waals surface area contributed by atoms with E-state index in [0.717, 1.165) is 30.6 Å². The molecule has 0 unspecified atom stereocenters. The van der Waals surface area contributed by atoms with E-state index in [1.165, 1.54) is 0 Å². The molecule has 0 aromatic carbocycles. The van der Waals surface area contributed by atoms with Gasteiger partial charge >= 0.3 is 0 Å². The standard InChI is InChI=1S/C11H16BrN3O3S2/c12-8-4-7-19-9(8)20(17,18)15-11(10(13)14-16)5-2-1-3-6-11/h4,7,15-16H,1-3,5-6H2,(H2,13,14). The second-order valence-corrected chi connectivity index (χ2v) is 8.44. The molecular formula is C11H16BrN3O3S2. The van der Waals surface area contributed by atoms with Gasteiger partial charge in [0.25, 0.3) is 10.0 Å². The first kappa shape index (κ1) is 15.7. The van der Waals surface area contributed by atoms with E-state index in [1.54, 1.807) is 11.4 Å². The zero-order valence-electron chi connectivity index (χ0n) is 10.7. The summed E-state index contributed by atoms with van der Waals surface area (Å²) in [6.45, 7) is 0. The van der Waals surface area contributed by atoms with Crippen LogP contribution in [-0.4, -0.2) is 25.0 Å². The Morgan fingerprint density at radius 3 is 2.60 bits per heavy atom. The first-order valence-corrected chi connectivity index (χ1v) is 9.32. The molecule has 1 heterocycles. The van der Waals surface area contributed by atoms with Crippen LogP contribution in [-0.2, 0) is 10.0 Å². The lowest BCUT2D eigenvalue weighted by Crippen LogP contribution is -2.58. The molecular weight excluding hydrogens is 366 g/mol. The molecule has 4 N–H and O–H groups in total. The van der Waals surface area contributed by atoms with Gasteiger partial charge in [-0.1, -0.05) is 24.4 Å². The van der Waals surface area contributed by atoms with Gasteiger partial charge in [0, 0.05) is 4.47 Å². The fourth-order valence-electron chi connectivity index (χ4n) is 2.44. The molecule has 0 radical (unpaired) electrons. The van der Waals surface area contributed by atoms with Crippen LogP contribution in [0.25, 0.3) is 0 Å². The van der Waals surface area contributed by atoms with Crippen molar-refractivity contribution in [2.24, 2.45) is 10.9 Å². The minimum absolute atomic E-state index is 0.0755. The number of oxime groups is 1.